The van der Waals surface area contributed by atoms with E-state index in [1.165, 1.54) is 6.08 Å². The molecule has 1 atom stereocenters. The smallest absolute Gasteiger partial charge is 0.329 e. The first-order chi connectivity index (χ1) is 11.1. The summed E-state index contributed by atoms with van der Waals surface area (Å²) in [5.41, 5.74) is 1.01. The van der Waals surface area contributed by atoms with Gasteiger partial charge in [-0.2, -0.15) is 0 Å². The van der Waals surface area contributed by atoms with Gasteiger partial charge in [0.1, 0.15) is 5.76 Å². The second-order valence-electron chi connectivity index (χ2n) is 5.78. The van der Waals surface area contributed by atoms with Crippen LogP contribution in [0, 0.1) is 5.92 Å². The number of cyclic esters (lactones) is 1. The molecule has 1 aromatic rings. The van der Waals surface area contributed by atoms with Crippen molar-refractivity contribution >= 4 is 17.5 Å². The quantitative estimate of drug-likeness (QED) is 0.419. The summed E-state index contributed by atoms with van der Waals surface area (Å²) in [6.45, 7) is 2.08. The number of unbranched alkanes of at least 4 members (excludes halogenated alkanes) is 2. The Morgan fingerprint density at radius 2 is 1.83 bits per heavy atom. The fraction of sp³-hybridized carbons (Fsp3) is 0.421. The third-order valence-electron chi connectivity index (χ3n) is 3.91. The van der Waals surface area contributed by atoms with Crippen molar-refractivity contribution in [3.05, 3.63) is 47.7 Å². The van der Waals surface area contributed by atoms with Crippen LogP contribution in [-0.4, -0.2) is 17.5 Å². The van der Waals surface area contributed by atoms with E-state index < -0.39 is 17.7 Å². The predicted octanol–water partition coefficient (Wildman–Crippen LogP) is 3.39. The molecule has 0 bridgehead atoms. The molecule has 0 saturated carbocycles. The Hall–Kier alpha value is -2.23. The van der Waals surface area contributed by atoms with E-state index in [9.17, 15) is 14.4 Å². The first-order valence-corrected chi connectivity index (χ1v) is 8.14. The average Bonchev–Trinajstić information content (AvgIpc) is 2.53. The van der Waals surface area contributed by atoms with Crippen molar-refractivity contribution in [3.8, 4) is 0 Å². The number of ether oxygens (including phenoxy) is 1. The number of hydrogen-bond donors (Lipinski definition) is 0. The Balaban J connectivity index is 1.93. The predicted molar refractivity (Wildman–Crippen MR) is 86.6 cm³/mol. The number of Topliss-reactive ketones (excluding diaryl/α,β-unsaturated/α-hetero) is 1. The lowest BCUT2D eigenvalue weighted by atomic mass is 9.92. The number of allylic oxidation sites excluding steroid dienone is 2. The third kappa shape index (κ3) is 4.88. The molecule has 1 aromatic carbocycles. The molecule has 2 rings (SSSR count). The minimum atomic E-state index is -1.28. The van der Waals surface area contributed by atoms with Crippen LogP contribution < -0.4 is 0 Å². The minimum absolute atomic E-state index is 0.161. The van der Waals surface area contributed by atoms with Gasteiger partial charge in [0, 0.05) is 18.9 Å². The maximum absolute atomic E-state index is 12.2. The van der Waals surface area contributed by atoms with Gasteiger partial charge in [-0.15, -0.1) is 0 Å². The van der Waals surface area contributed by atoms with E-state index in [2.05, 4.69) is 6.92 Å². The highest BCUT2D eigenvalue weighted by Crippen LogP contribution is 2.21. The minimum Gasteiger partial charge on any atom is -0.430 e. The van der Waals surface area contributed by atoms with E-state index >= 15 is 0 Å². The van der Waals surface area contributed by atoms with E-state index in [-0.39, 0.29) is 12.2 Å². The Labute approximate surface area is 136 Å². The van der Waals surface area contributed by atoms with E-state index in [0.29, 0.717) is 18.6 Å². The highest BCUT2D eigenvalue weighted by Gasteiger charge is 2.37. The van der Waals surface area contributed by atoms with Gasteiger partial charge in [0.05, 0.1) is 0 Å². The Bertz CT molecular complexity index is 601. The molecule has 0 N–H and O–H groups in total. The largest absolute Gasteiger partial charge is 0.430 e. The first kappa shape index (κ1) is 17.1. The summed E-state index contributed by atoms with van der Waals surface area (Å²) in [5.74, 6) is -2.42. The number of carbonyl (C=O) groups is 3. The van der Waals surface area contributed by atoms with Crippen LogP contribution in [-0.2, 0) is 25.5 Å². The summed E-state index contributed by atoms with van der Waals surface area (Å²) >= 11 is 0. The van der Waals surface area contributed by atoms with Crippen LogP contribution in [0.1, 0.15) is 44.6 Å². The second-order valence-corrected chi connectivity index (χ2v) is 5.78. The molecule has 1 unspecified atom stereocenters. The fourth-order valence-corrected chi connectivity index (χ4v) is 2.59. The molecule has 4 nitrogen and oxygen atoms in total. The first-order valence-electron chi connectivity index (χ1n) is 8.14. The number of aryl methyl sites for hydroxylation is 1. The molecule has 1 heterocycles. The molecule has 0 spiro atoms. The van der Waals surface area contributed by atoms with Crippen molar-refractivity contribution in [2.24, 2.45) is 5.92 Å². The second kappa shape index (κ2) is 8.42. The lowest BCUT2D eigenvalue weighted by Gasteiger charge is -2.19. The van der Waals surface area contributed by atoms with Crippen LogP contribution in [0.15, 0.2) is 42.2 Å². The molecule has 0 amide bonds. The summed E-state index contributed by atoms with van der Waals surface area (Å²) in [4.78, 5) is 36.3. The van der Waals surface area contributed by atoms with Crippen LogP contribution in [0.2, 0.25) is 0 Å². The topological polar surface area (TPSA) is 60.4 Å². The van der Waals surface area contributed by atoms with Crippen LogP contribution in [0.25, 0.3) is 0 Å². The highest BCUT2D eigenvalue weighted by atomic mass is 16.5. The summed E-state index contributed by atoms with van der Waals surface area (Å²) in [5, 5.41) is 0. The number of hydrogen-bond acceptors (Lipinski definition) is 4. The van der Waals surface area contributed by atoms with Gasteiger partial charge in [-0.1, -0.05) is 50.1 Å². The molecule has 23 heavy (non-hydrogen) atoms. The molecular formula is C19H22O4. The molecule has 0 radical (unpaired) electrons. The monoisotopic (exact) mass is 314 g/mol. The molecule has 0 saturated heterocycles. The van der Waals surface area contributed by atoms with E-state index in [0.717, 1.165) is 24.8 Å². The van der Waals surface area contributed by atoms with Crippen molar-refractivity contribution < 1.29 is 19.1 Å². The number of ketones is 2. The molecular weight excluding hydrogens is 292 g/mol. The van der Waals surface area contributed by atoms with Crippen molar-refractivity contribution in [2.75, 3.05) is 0 Å². The normalized spacial score (nSPS) is 17.6. The van der Waals surface area contributed by atoms with Gasteiger partial charge < -0.3 is 4.74 Å². The molecule has 1 aliphatic rings. The van der Waals surface area contributed by atoms with Crippen molar-refractivity contribution in [2.45, 2.75) is 45.4 Å². The maximum atomic E-state index is 12.2. The number of benzene rings is 1. The van der Waals surface area contributed by atoms with Gasteiger partial charge in [0.25, 0.3) is 0 Å². The molecule has 0 fully saturated rings. The zero-order valence-corrected chi connectivity index (χ0v) is 13.4. The lowest BCUT2D eigenvalue weighted by molar-refractivity contribution is -0.153. The fourth-order valence-electron chi connectivity index (χ4n) is 2.59. The van der Waals surface area contributed by atoms with Gasteiger partial charge in [-0.25, -0.2) is 0 Å². The van der Waals surface area contributed by atoms with E-state index in [1.807, 2.05) is 30.3 Å². The number of esters is 1. The summed E-state index contributed by atoms with van der Waals surface area (Å²) in [7, 11) is 0. The van der Waals surface area contributed by atoms with Gasteiger partial charge in [-0.3, -0.25) is 14.4 Å². The van der Waals surface area contributed by atoms with E-state index in [1.54, 1.807) is 0 Å². The summed E-state index contributed by atoms with van der Waals surface area (Å²) < 4.78 is 5.17. The van der Waals surface area contributed by atoms with Gasteiger partial charge in [0.15, 0.2) is 17.5 Å². The zero-order chi connectivity index (χ0) is 16.7. The molecule has 1 aliphatic heterocycles. The van der Waals surface area contributed by atoms with Crippen LogP contribution in [0.4, 0.5) is 0 Å². The summed E-state index contributed by atoms with van der Waals surface area (Å²) in [6.07, 6.45) is 5.50. The van der Waals surface area contributed by atoms with Gasteiger partial charge in [-0.05, 0) is 18.4 Å². The highest BCUT2D eigenvalue weighted by molar-refractivity contribution is 6.22. The standard InChI is InChI=1S/C19H22O4/c1-2-3-5-10-15-13-17(21)18(19(22)23-15)16(20)12-11-14-8-6-4-7-9-14/h4,6-9,13,18H,2-3,5,10-12H2,1H3. The summed E-state index contributed by atoms with van der Waals surface area (Å²) in [6, 6.07) is 9.52. The number of carbonyl (C=O) groups excluding carboxylic acids is 3. The van der Waals surface area contributed by atoms with Crippen LogP contribution in [0.5, 0.6) is 0 Å². The Morgan fingerprint density at radius 1 is 1.09 bits per heavy atom. The molecule has 0 aromatic heterocycles. The van der Waals surface area contributed by atoms with Crippen molar-refractivity contribution in [1.82, 2.24) is 0 Å². The van der Waals surface area contributed by atoms with E-state index in [4.69, 9.17) is 4.74 Å². The molecule has 4 heteroatoms. The SMILES string of the molecule is CCCCCC1=CC(=O)C(C(=O)CCc2ccccc2)C(=O)O1. The Morgan fingerprint density at radius 3 is 2.48 bits per heavy atom. The maximum Gasteiger partial charge on any atom is 0.329 e. The molecule has 0 aliphatic carbocycles. The Kier molecular flexibility index (Phi) is 6.27. The van der Waals surface area contributed by atoms with Crippen molar-refractivity contribution in [3.63, 3.8) is 0 Å². The van der Waals surface area contributed by atoms with Gasteiger partial charge >= 0.3 is 5.97 Å². The third-order valence-corrected chi connectivity index (χ3v) is 3.91. The van der Waals surface area contributed by atoms with Crippen molar-refractivity contribution in [1.29, 1.82) is 0 Å². The lowest BCUT2D eigenvalue weighted by Crippen LogP contribution is -2.36. The van der Waals surface area contributed by atoms with Gasteiger partial charge in [0.2, 0.25) is 0 Å². The van der Waals surface area contributed by atoms with Crippen LogP contribution in [0.3, 0.4) is 0 Å². The molecule has 122 valence electrons. The number of rotatable bonds is 8. The van der Waals surface area contributed by atoms with Crippen LogP contribution >= 0.6 is 0 Å². The average molecular weight is 314 g/mol. The zero-order valence-electron chi connectivity index (χ0n) is 13.4.